The molecule has 1 aromatic heterocycles. The van der Waals surface area contributed by atoms with Gasteiger partial charge in [0.05, 0.1) is 9.67 Å². The summed E-state index contributed by atoms with van der Waals surface area (Å²) in [6.07, 6.45) is 1.16. The highest BCUT2D eigenvalue weighted by Gasteiger charge is 2.33. The third-order valence-corrected chi connectivity index (χ3v) is 5.59. The summed E-state index contributed by atoms with van der Waals surface area (Å²) in [5.41, 5.74) is 0.334. The normalized spacial score (nSPS) is 13.1. The number of hydrogen-bond acceptors (Lipinski definition) is 6. The maximum absolute atomic E-state index is 12.1. The van der Waals surface area contributed by atoms with Gasteiger partial charge in [-0.1, -0.05) is 11.3 Å². The van der Waals surface area contributed by atoms with E-state index in [2.05, 4.69) is 0 Å². The fraction of sp³-hybridized carbons (Fsp3) is 0.364. The van der Waals surface area contributed by atoms with Gasteiger partial charge in [0.15, 0.2) is 9.84 Å². The van der Waals surface area contributed by atoms with Gasteiger partial charge in [0.2, 0.25) is 0 Å². The van der Waals surface area contributed by atoms with Crippen molar-refractivity contribution in [2.45, 2.75) is 25.5 Å². The lowest BCUT2D eigenvalue weighted by molar-refractivity contribution is -0.380. The Hall–Kier alpha value is -1.72. The first-order valence-electron chi connectivity index (χ1n) is 5.19. The van der Waals surface area contributed by atoms with E-state index >= 15 is 0 Å². The summed E-state index contributed by atoms with van der Waals surface area (Å²) in [5, 5.41) is 20.8. The second-order valence-electron chi connectivity index (χ2n) is 4.71. The molecule has 0 atom stereocenters. The van der Waals surface area contributed by atoms with Crippen molar-refractivity contribution in [1.29, 1.82) is 5.26 Å². The topological polar surface area (TPSA) is 101 Å². The minimum Gasteiger partial charge on any atom is -0.258 e. The van der Waals surface area contributed by atoms with Crippen LogP contribution in [0.1, 0.15) is 26.3 Å². The summed E-state index contributed by atoms with van der Waals surface area (Å²) in [6, 6.07) is 2.88. The minimum absolute atomic E-state index is 0.100. The van der Waals surface area contributed by atoms with Gasteiger partial charge in [-0.3, -0.25) is 10.1 Å². The molecule has 1 rings (SSSR count). The second-order valence-corrected chi connectivity index (χ2v) is 8.27. The monoisotopic (exact) mass is 300 g/mol. The first-order chi connectivity index (χ1) is 8.59. The van der Waals surface area contributed by atoms with Gasteiger partial charge in [-0.2, -0.15) is 5.26 Å². The minimum atomic E-state index is -3.76. The molecule has 0 fully saturated rings. The summed E-state index contributed by atoms with van der Waals surface area (Å²) < 4.78 is 23.1. The average Bonchev–Trinajstić information content (AvgIpc) is 2.72. The number of nitro groups is 1. The molecule has 102 valence electrons. The Bertz CT molecular complexity index is 672. The lowest BCUT2D eigenvalue weighted by Gasteiger charge is -2.17. The van der Waals surface area contributed by atoms with Gasteiger partial charge in [0.1, 0.15) is 11.0 Å². The molecule has 0 N–H and O–H groups in total. The molecular weight excluding hydrogens is 288 g/mol. The van der Waals surface area contributed by atoms with Gasteiger partial charge >= 0.3 is 5.00 Å². The van der Waals surface area contributed by atoms with Gasteiger partial charge < -0.3 is 0 Å². The predicted molar refractivity (Wildman–Crippen MR) is 73.2 cm³/mol. The highest BCUT2D eigenvalue weighted by molar-refractivity contribution is 7.97. The van der Waals surface area contributed by atoms with E-state index in [9.17, 15) is 18.5 Å². The molecule has 0 amide bonds. The number of nitriles is 1. The molecule has 0 unspecified atom stereocenters. The van der Waals surface area contributed by atoms with E-state index in [4.69, 9.17) is 5.26 Å². The third-order valence-electron chi connectivity index (χ3n) is 2.29. The number of allylic oxidation sites excluding steroid dienone is 1. The molecule has 0 spiro atoms. The number of thiophene rings is 1. The standard InChI is InChI=1S/C11H12N2O4S2/c1-11(2,3)19(16,17)9(6-12)4-8-5-10(13(14)15)18-7-8/h4-5,7H,1-3H3. The van der Waals surface area contributed by atoms with E-state index in [1.807, 2.05) is 0 Å². The fourth-order valence-electron chi connectivity index (χ4n) is 1.16. The number of sulfone groups is 1. The van der Waals surface area contributed by atoms with Crippen LogP contribution in [0.2, 0.25) is 0 Å². The van der Waals surface area contributed by atoms with Crippen molar-refractivity contribution in [3.8, 4) is 6.07 Å². The first-order valence-corrected chi connectivity index (χ1v) is 7.55. The van der Waals surface area contributed by atoms with Crippen LogP contribution < -0.4 is 0 Å². The molecule has 1 aromatic rings. The SMILES string of the molecule is CC(C)(C)S(=O)(=O)C(C#N)=Cc1csc([N+](=O)[O-])c1. The Morgan fingerprint density at radius 3 is 2.47 bits per heavy atom. The van der Waals surface area contributed by atoms with E-state index < -0.39 is 24.4 Å². The van der Waals surface area contributed by atoms with E-state index in [1.165, 1.54) is 32.2 Å². The van der Waals surface area contributed by atoms with Crippen LogP contribution in [0.15, 0.2) is 16.4 Å². The predicted octanol–water partition coefficient (Wildman–Crippen LogP) is 2.73. The number of rotatable bonds is 3. The highest BCUT2D eigenvalue weighted by Crippen LogP contribution is 2.28. The van der Waals surface area contributed by atoms with Crippen LogP contribution in [0, 0.1) is 21.4 Å². The van der Waals surface area contributed by atoms with Crippen molar-refractivity contribution >= 4 is 32.3 Å². The second kappa shape index (κ2) is 5.11. The Labute approximate surface area is 115 Å². The van der Waals surface area contributed by atoms with Crippen LogP contribution >= 0.6 is 11.3 Å². The molecule has 8 heteroatoms. The third kappa shape index (κ3) is 3.19. The summed E-state index contributed by atoms with van der Waals surface area (Å²) in [4.78, 5) is 9.58. The molecule has 0 saturated carbocycles. The van der Waals surface area contributed by atoms with Crippen molar-refractivity contribution in [2.24, 2.45) is 0 Å². The summed E-state index contributed by atoms with van der Waals surface area (Å²) >= 11 is 0.880. The maximum atomic E-state index is 12.1. The van der Waals surface area contributed by atoms with Crippen molar-refractivity contribution < 1.29 is 13.3 Å². The first kappa shape index (κ1) is 15.3. The molecule has 6 nitrogen and oxygen atoms in total. The Balaban J connectivity index is 3.28. The van der Waals surface area contributed by atoms with Crippen molar-refractivity contribution in [3.63, 3.8) is 0 Å². The Morgan fingerprint density at radius 2 is 2.11 bits per heavy atom. The molecule has 0 radical (unpaired) electrons. The maximum Gasteiger partial charge on any atom is 0.324 e. The summed E-state index contributed by atoms with van der Waals surface area (Å²) in [6.45, 7) is 4.47. The zero-order chi connectivity index (χ0) is 14.8. The molecule has 0 aromatic carbocycles. The summed E-state index contributed by atoms with van der Waals surface area (Å²) in [5.74, 6) is 0. The molecule has 0 aliphatic rings. The largest absolute Gasteiger partial charge is 0.324 e. The number of nitrogens with zero attached hydrogens (tertiary/aromatic N) is 2. The lowest BCUT2D eigenvalue weighted by Crippen LogP contribution is -2.28. The van der Waals surface area contributed by atoms with Crippen LogP contribution in [0.3, 0.4) is 0 Å². The average molecular weight is 300 g/mol. The zero-order valence-electron chi connectivity index (χ0n) is 10.6. The molecule has 0 saturated heterocycles. The van der Waals surface area contributed by atoms with E-state index in [-0.39, 0.29) is 5.00 Å². The van der Waals surface area contributed by atoms with E-state index in [0.29, 0.717) is 5.56 Å². The van der Waals surface area contributed by atoms with Crippen LogP contribution in [0.5, 0.6) is 0 Å². The number of hydrogen-bond donors (Lipinski definition) is 0. The van der Waals surface area contributed by atoms with Crippen molar-refractivity contribution in [3.05, 3.63) is 32.0 Å². The molecule has 1 heterocycles. The molecule has 0 bridgehead atoms. The van der Waals surface area contributed by atoms with Crippen LogP contribution in [0.25, 0.3) is 6.08 Å². The van der Waals surface area contributed by atoms with Crippen molar-refractivity contribution in [2.75, 3.05) is 0 Å². The van der Waals surface area contributed by atoms with Crippen LogP contribution in [-0.4, -0.2) is 18.1 Å². The smallest absolute Gasteiger partial charge is 0.258 e. The van der Waals surface area contributed by atoms with Gasteiger partial charge in [-0.25, -0.2) is 8.42 Å². The van der Waals surface area contributed by atoms with E-state index in [1.54, 1.807) is 6.07 Å². The Kier molecular flexibility index (Phi) is 4.12. The Morgan fingerprint density at radius 1 is 1.53 bits per heavy atom. The van der Waals surface area contributed by atoms with Gasteiger partial charge in [0, 0.05) is 11.4 Å². The lowest BCUT2D eigenvalue weighted by atomic mass is 10.3. The summed E-state index contributed by atoms with van der Waals surface area (Å²) in [7, 11) is -3.76. The highest BCUT2D eigenvalue weighted by atomic mass is 32.2. The molecule has 19 heavy (non-hydrogen) atoms. The molecular formula is C11H12N2O4S2. The van der Waals surface area contributed by atoms with Gasteiger partial charge in [0.25, 0.3) is 0 Å². The van der Waals surface area contributed by atoms with E-state index in [0.717, 1.165) is 17.4 Å². The van der Waals surface area contributed by atoms with Gasteiger partial charge in [-0.05, 0) is 32.4 Å². The quantitative estimate of drug-likeness (QED) is 0.485. The van der Waals surface area contributed by atoms with Crippen molar-refractivity contribution in [1.82, 2.24) is 0 Å². The molecule has 0 aliphatic heterocycles. The fourth-order valence-corrected chi connectivity index (χ4v) is 2.92. The van der Waals surface area contributed by atoms with Crippen LogP contribution in [-0.2, 0) is 9.84 Å². The van der Waals surface area contributed by atoms with Crippen LogP contribution in [0.4, 0.5) is 5.00 Å². The van der Waals surface area contributed by atoms with Gasteiger partial charge in [-0.15, -0.1) is 0 Å². The zero-order valence-corrected chi connectivity index (χ0v) is 12.2. The molecule has 0 aliphatic carbocycles.